The van der Waals surface area contributed by atoms with E-state index in [-0.39, 0.29) is 12.2 Å². The molecule has 0 unspecified atom stereocenters. The highest BCUT2D eigenvalue weighted by Crippen LogP contribution is 1.89. The lowest BCUT2D eigenvalue weighted by molar-refractivity contribution is 0.0806. The minimum absolute atomic E-state index is 0.108. The standard InChI is InChI=1S/C6H7NO3/c1-5(3-7)4-10-6(8)9-2/h1,4H2,2H3. The lowest BCUT2D eigenvalue weighted by Gasteiger charge is -1.98. The summed E-state index contributed by atoms with van der Waals surface area (Å²) in [5.74, 6) is 0. The molecule has 0 atom stereocenters. The minimum Gasteiger partial charge on any atom is -0.438 e. The molecule has 0 saturated heterocycles. The van der Waals surface area contributed by atoms with E-state index in [4.69, 9.17) is 5.26 Å². The van der Waals surface area contributed by atoms with Crippen LogP contribution in [0.5, 0.6) is 0 Å². The van der Waals surface area contributed by atoms with E-state index in [1.165, 1.54) is 7.11 Å². The largest absolute Gasteiger partial charge is 0.508 e. The fourth-order valence-corrected chi connectivity index (χ4v) is 0.237. The van der Waals surface area contributed by atoms with Gasteiger partial charge >= 0.3 is 6.16 Å². The summed E-state index contributed by atoms with van der Waals surface area (Å²) >= 11 is 0. The number of carbonyl (C=O) groups is 1. The highest BCUT2D eigenvalue weighted by atomic mass is 16.7. The number of nitriles is 1. The van der Waals surface area contributed by atoms with Crippen molar-refractivity contribution in [3.05, 3.63) is 12.2 Å². The minimum atomic E-state index is -0.809. The second kappa shape index (κ2) is 4.39. The van der Waals surface area contributed by atoms with Gasteiger partial charge < -0.3 is 9.47 Å². The quantitative estimate of drug-likeness (QED) is 0.422. The molecule has 0 spiro atoms. The molecule has 0 aromatic rings. The van der Waals surface area contributed by atoms with Gasteiger partial charge in [-0.2, -0.15) is 5.26 Å². The first-order chi connectivity index (χ1) is 4.70. The van der Waals surface area contributed by atoms with E-state index in [0.29, 0.717) is 0 Å². The summed E-state index contributed by atoms with van der Waals surface area (Å²) in [5.41, 5.74) is 0.186. The van der Waals surface area contributed by atoms with Gasteiger partial charge in [-0.05, 0) is 0 Å². The van der Waals surface area contributed by atoms with Crippen molar-refractivity contribution >= 4 is 6.16 Å². The molecule has 54 valence electrons. The van der Waals surface area contributed by atoms with Gasteiger partial charge in [-0.1, -0.05) is 6.58 Å². The van der Waals surface area contributed by atoms with Crippen molar-refractivity contribution in [2.24, 2.45) is 0 Å². The molecule has 0 rings (SSSR count). The Morgan fingerprint density at radius 2 is 2.40 bits per heavy atom. The van der Waals surface area contributed by atoms with Crippen molar-refractivity contribution in [3.63, 3.8) is 0 Å². The fourth-order valence-electron chi connectivity index (χ4n) is 0.237. The second-order valence-electron chi connectivity index (χ2n) is 1.46. The topological polar surface area (TPSA) is 59.3 Å². The summed E-state index contributed by atoms with van der Waals surface area (Å²) in [7, 11) is 1.19. The first-order valence-electron chi connectivity index (χ1n) is 2.49. The van der Waals surface area contributed by atoms with Crippen molar-refractivity contribution in [2.45, 2.75) is 0 Å². The molecule has 0 aliphatic rings. The Balaban J connectivity index is 3.48. The Bertz CT molecular complexity index is 180. The van der Waals surface area contributed by atoms with Crippen LogP contribution in [0.15, 0.2) is 12.2 Å². The van der Waals surface area contributed by atoms with Gasteiger partial charge in [0, 0.05) is 0 Å². The van der Waals surface area contributed by atoms with Gasteiger partial charge in [-0.25, -0.2) is 4.79 Å². The maximum absolute atomic E-state index is 10.2. The smallest absolute Gasteiger partial charge is 0.438 e. The Hall–Kier alpha value is -1.50. The van der Waals surface area contributed by atoms with Gasteiger partial charge in [0.05, 0.1) is 18.8 Å². The zero-order chi connectivity index (χ0) is 7.98. The Morgan fingerprint density at radius 1 is 1.80 bits per heavy atom. The van der Waals surface area contributed by atoms with Gasteiger partial charge in [-0.15, -0.1) is 0 Å². The number of hydrogen-bond acceptors (Lipinski definition) is 4. The molecule has 10 heavy (non-hydrogen) atoms. The molecule has 0 fully saturated rings. The summed E-state index contributed by atoms with van der Waals surface area (Å²) in [5, 5.41) is 8.14. The number of nitrogens with zero attached hydrogens (tertiary/aromatic N) is 1. The monoisotopic (exact) mass is 141 g/mol. The van der Waals surface area contributed by atoms with Crippen LogP contribution in [-0.4, -0.2) is 19.9 Å². The summed E-state index contributed by atoms with van der Waals surface area (Å²) in [6, 6.07) is 1.72. The van der Waals surface area contributed by atoms with E-state index in [1.54, 1.807) is 6.07 Å². The van der Waals surface area contributed by atoms with Crippen LogP contribution in [0.25, 0.3) is 0 Å². The molecule has 0 heterocycles. The SMILES string of the molecule is C=C(C#N)COC(=O)OC. The first-order valence-corrected chi connectivity index (χ1v) is 2.49. The second-order valence-corrected chi connectivity index (χ2v) is 1.46. The molecule has 0 N–H and O–H groups in total. The number of rotatable bonds is 2. The predicted molar refractivity (Wildman–Crippen MR) is 33.1 cm³/mol. The van der Waals surface area contributed by atoms with Crippen LogP contribution < -0.4 is 0 Å². The number of hydrogen-bond donors (Lipinski definition) is 0. The summed E-state index contributed by atoms with van der Waals surface area (Å²) in [4.78, 5) is 10.2. The van der Waals surface area contributed by atoms with Gasteiger partial charge in [0.2, 0.25) is 0 Å². The summed E-state index contributed by atoms with van der Waals surface area (Å²) in [6.45, 7) is 3.18. The molecule has 0 bridgehead atoms. The molecular formula is C6H7NO3. The third-order valence-corrected chi connectivity index (χ3v) is 0.689. The van der Waals surface area contributed by atoms with Crippen molar-refractivity contribution in [1.82, 2.24) is 0 Å². The van der Waals surface area contributed by atoms with Crippen LogP contribution in [-0.2, 0) is 9.47 Å². The number of carbonyl (C=O) groups excluding carboxylic acids is 1. The van der Waals surface area contributed by atoms with Gasteiger partial charge in [-0.3, -0.25) is 0 Å². The lowest BCUT2D eigenvalue weighted by atomic mass is 10.4. The highest BCUT2D eigenvalue weighted by Gasteiger charge is 1.99. The van der Waals surface area contributed by atoms with Crippen LogP contribution >= 0.6 is 0 Å². The molecule has 0 amide bonds. The number of ether oxygens (including phenoxy) is 2. The van der Waals surface area contributed by atoms with Crippen molar-refractivity contribution in [3.8, 4) is 6.07 Å². The molecule has 4 nitrogen and oxygen atoms in total. The average molecular weight is 141 g/mol. The van der Waals surface area contributed by atoms with Gasteiger partial charge in [0.15, 0.2) is 0 Å². The van der Waals surface area contributed by atoms with Crippen LogP contribution in [0.3, 0.4) is 0 Å². The van der Waals surface area contributed by atoms with Crippen LogP contribution in [0.2, 0.25) is 0 Å². The molecule has 0 aliphatic heterocycles. The Labute approximate surface area is 58.7 Å². The fraction of sp³-hybridized carbons (Fsp3) is 0.333. The molecular weight excluding hydrogens is 134 g/mol. The van der Waals surface area contributed by atoms with Gasteiger partial charge in [0.25, 0.3) is 0 Å². The van der Waals surface area contributed by atoms with E-state index < -0.39 is 6.16 Å². The third-order valence-electron chi connectivity index (χ3n) is 0.689. The van der Waals surface area contributed by atoms with Crippen molar-refractivity contribution in [1.29, 1.82) is 5.26 Å². The number of methoxy groups -OCH3 is 1. The zero-order valence-corrected chi connectivity index (χ0v) is 5.59. The molecule has 0 radical (unpaired) electrons. The molecule has 4 heteroatoms. The lowest BCUT2D eigenvalue weighted by Crippen LogP contribution is -2.05. The molecule has 0 aromatic carbocycles. The Kier molecular flexibility index (Phi) is 3.73. The molecule has 0 aliphatic carbocycles. The van der Waals surface area contributed by atoms with Gasteiger partial charge in [0.1, 0.15) is 6.61 Å². The summed E-state index contributed by atoms with van der Waals surface area (Å²) < 4.78 is 8.49. The first kappa shape index (κ1) is 8.50. The third kappa shape index (κ3) is 3.50. The van der Waals surface area contributed by atoms with Crippen molar-refractivity contribution in [2.75, 3.05) is 13.7 Å². The molecule has 0 saturated carbocycles. The van der Waals surface area contributed by atoms with Crippen LogP contribution in [0, 0.1) is 11.3 Å². The normalized spacial score (nSPS) is 7.60. The van der Waals surface area contributed by atoms with Crippen molar-refractivity contribution < 1.29 is 14.3 Å². The van der Waals surface area contributed by atoms with Crippen LogP contribution in [0.4, 0.5) is 4.79 Å². The molecule has 0 aromatic heterocycles. The van der Waals surface area contributed by atoms with E-state index in [1.807, 2.05) is 0 Å². The average Bonchev–Trinajstić information content (AvgIpc) is 1.99. The predicted octanol–water partition coefficient (Wildman–Crippen LogP) is 0.849. The maximum Gasteiger partial charge on any atom is 0.508 e. The van der Waals surface area contributed by atoms with E-state index in [2.05, 4.69) is 16.1 Å². The highest BCUT2D eigenvalue weighted by molar-refractivity contribution is 5.59. The Morgan fingerprint density at radius 3 is 2.80 bits per heavy atom. The van der Waals surface area contributed by atoms with E-state index in [9.17, 15) is 4.79 Å². The zero-order valence-electron chi connectivity index (χ0n) is 5.59. The van der Waals surface area contributed by atoms with E-state index >= 15 is 0 Å². The summed E-state index contributed by atoms with van der Waals surface area (Å²) in [6.07, 6.45) is -0.809. The van der Waals surface area contributed by atoms with Crippen LogP contribution in [0.1, 0.15) is 0 Å². The van der Waals surface area contributed by atoms with E-state index in [0.717, 1.165) is 0 Å². The maximum atomic E-state index is 10.2.